The number of amides is 1. The summed E-state index contributed by atoms with van der Waals surface area (Å²) in [4.78, 5) is 24.3. The van der Waals surface area contributed by atoms with Gasteiger partial charge in [0.1, 0.15) is 6.04 Å². The average molecular weight is 358 g/mol. The minimum Gasteiger partial charge on any atom is -0.464 e. The predicted octanol–water partition coefficient (Wildman–Crippen LogP) is 5.08. The normalized spacial score (nSPS) is 13.8. The fourth-order valence-electron chi connectivity index (χ4n) is 2.26. The maximum absolute atomic E-state index is 12.3. The summed E-state index contributed by atoms with van der Waals surface area (Å²) in [5.41, 5.74) is -0.110. The van der Waals surface area contributed by atoms with Gasteiger partial charge in [-0.25, -0.2) is 9.59 Å². The molecule has 0 aromatic rings. The Kier molecular flexibility index (Phi) is 12.4. The van der Waals surface area contributed by atoms with Gasteiger partial charge >= 0.3 is 12.1 Å². The highest BCUT2D eigenvalue weighted by atomic mass is 16.6. The molecule has 0 saturated carbocycles. The van der Waals surface area contributed by atoms with E-state index in [9.17, 15) is 9.59 Å². The lowest BCUT2D eigenvalue weighted by molar-refractivity contribution is -0.147. The zero-order valence-corrected chi connectivity index (χ0v) is 17.2. The Hall–Kier alpha value is -1.26. The number of hydrogen-bond donors (Lipinski definition) is 1. The van der Waals surface area contributed by atoms with E-state index >= 15 is 0 Å². The summed E-state index contributed by atoms with van der Waals surface area (Å²) < 4.78 is 10.6. The molecule has 0 spiro atoms. The number of ether oxygens (including phenoxy) is 2. The molecule has 0 aliphatic carbocycles. The van der Waals surface area contributed by atoms with Crippen LogP contribution in [0.5, 0.6) is 0 Å². The Bertz CT molecular complexity index is 376. The van der Waals surface area contributed by atoms with Crippen LogP contribution in [-0.4, -0.2) is 31.3 Å². The Labute approximate surface area is 154 Å². The van der Waals surface area contributed by atoms with Crippen molar-refractivity contribution in [2.75, 3.05) is 13.2 Å². The first-order valence-electron chi connectivity index (χ1n) is 9.81. The summed E-state index contributed by atoms with van der Waals surface area (Å²) in [6, 6.07) is -0.655. The molecule has 1 N–H and O–H groups in total. The molecule has 0 radical (unpaired) electrons. The standard InChI is InChI=1S/C20H39NO4/c1-7-9-10-11-12-13-14-24-18(22)17(16(3)8-2)21-19(23)25-15-20(4,5)6/h16-17H,7-15H2,1-6H3,(H,21,23). The molecule has 25 heavy (non-hydrogen) atoms. The second kappa shape index (κ2) is 13.0. The van der Waals surface area contributed by atoms with E-state index in [2.05, 4.69) is 12.2 Å². The van der Waals surface area contributed by atoms with E-state index < -0.39 is 12.1 Å². The topological polar surface area (TPSA) is 64.6 Å². The number of rotatable bonds is 12. The first kappa shape index (κ1) is 23.7. The smallest absolute Gasteiger partial charge is 0.407 e. The molecule has 5 heteroatoms. The first-order chi connectivity index (χ1) is 11.7. The van der Waals surface area contributed by atoms with Crippen molar-refractivity contribution in [1.82, 2.24) is 5.32 Å². The van der Waals surface area contributed by atoms with Crippen molar-refractivity contribution in [3.8, 4) is 0 Å². The van der Waals surface area contributed by atoms with E-state index in [1.165, 1.54) is 25.7 Å². The molecule has 0 rings (SSSR count). The summed E-state index contributed by atoms with van der Waals surface area (Å²) in [5.74, 6) is -0.366. The summed E-state index contributed by atoms with van der Waals surface area (Å²) >= 11 is 0. The Morgan fingerprint density at radius 2 is 1.56 bits per heavy atom. The molecule has 148 valence electrons. The predicted molar refractivity (Wildman–Crippen MR) is 102 cm³/mol. The van der Waals surface area contributed by atoms with Crippen LogP contribution in [0.1, 0.15) is 86.5 Å². The zero-order chi connectivity index (χ0) is 19.3. The van der Waals surface area contributed by atoms with Gasteiger partial charge in [-0.15, -0.1) is 0 Å². The number of carbonyl (C=O) groups excluding carboxylic acids is 2. The van der Waals surface area contributed by atoms with Crippen LogP contribution in [0.3, 0.4) is 0 Å². The molecule has 2 atom stereocenters. The van der Waals surface area contributed by atoms with E-state index in [1.807, 2.05) is 34.6 Å². The van der Waals surface area contributed by atoms with Gasteiger partial charge in [0, 0.05) is 0 Å². The van der Waals surface area contributed by atoms with Crippen LogP contribution in [0, 0.1) is 11.3 Å². The fourth-order valence-corrected chi connectivity index (χ4v) is 2.26. The van der Waals surface area contributed by atoms with Crippen molar-refractivity contribution < 1.29 is 19.1 Å². The number of alkyl carbamates (subject to hydrolysis) is 1. The van der Waals surface area contributed by atoms with Crippen LogP contribution in [0.15, 0.2) is 0 Å². The van der Waals surface area contributed by atoms with Gasteiger partial charge in [-0.05, 0) is 17.8 Å². The van der Waals surface area contributed by atoms with E-state index in [4.69, 9.17) is 9.47 Å². The minimum atomic E-state index is -0.655. The van der Waals surface area contributed by atoms with E-state index in [-0.39, 0.29) is 17.3 Å². The summed E-state index contributed by atoms with van der Waals surface area (Å²) in [5, 5.41) is 2.67. The first-order valence-corrected chi connectivity index (χ1v) is 9.81. The Balaban J connectivity index is 4.27. The van der Waals surface area contributed by atoms with Gasteiger partial charge in [0.25, 0.3) is 0 Å². The second-order valence-electron chi connectivity index (χ2n) is 8.08. The third kappa shape index (κ3) is 12.7. The minimum absolute atomic E-state index is 0.000703. The molecule has 0 aromatic carbocycles. The lowest BCUT2D eigenvalue weighted by Gasteiger charge is -2.24. The largest absolute Gasteiger partial charge is 0.464 e. The third-order valence-electron chi connectivity index (χ3n) is 4.12. The molecule has 0 aliphatic rings. The van der Waals surface area contributed by atoms with Gasteiger partial charge in [-0.3, -0.25) is 0 Å². The van der Waals surface area contributed by atoms with Crippen LogP contribution in [0.25, 0.3) is 0 Å². The molecule has 0 fully saturated rings. The Morgan fingerprint density at radius 1 is 0.960 bits per heavy atom. The highest BCUT2D eigenvalue weighted by Crippen LogP contribution is 2.14. The number of carbonyl (C=O) groups is 2. The van der Waals surface area contributed by atoms with Gasteiger partial charge in [0.05, 0.1) is 13.2 Å². The molecule has 1 amide bonds. The molecule has 0 heterocycles. The van der Waals surface area contributed by atoms with Crippen molar-refractivity contribution in [1.29, 1.82) is 0 Å². The highest BCUT2D eigenvalue weighted by molar-refractivity contribution is 5.81. The van der Waals surface area contributed by atoms with Crippen molar-refractivity contribution in [2.24, 2.45) is 11.3 Å². The molecule has 0 aliphatic heterocycles. The zero-order valence-electron chi connectivity index (χ0n) is 17.2. The maximum atomic E-state index is 12.3. The highest BCUT2D eigenvalue weighted by Gasteiger charge is 2.28. The number of nitrogens with one attached hydrogen (secondary N) is 1. The number of hydrogen-bond acceptors (Lipinski definition) is 4. The maximum Gasteiger partial charge on any atom is 0.407 e. The third-order valence-corrected chi connectivity index (χ3v) is 4.12. The quantitative estimate of drug-likeness (QED) is 0.391. The summed E-state index contributed by atoms with van der Waals surface area (Å²) in [6.07, 6.45) is 7.06. The van der Waals surface area contributed by atoms with Gasteiger partial charge in [0.2, 0.25) is 0 Å². The van der Waals surface area contributed by atoms with E-state index in [0.717, 1.165) is 19.3 Å². The summed E-state index contributed by atoms with van der Waals surface area (Å²) in [7, 11) is 0. The van der Waals surface area contributed by atoms with Crippen molar-refractivity contribution in [3.05, 3.63) is 0 Å². The lowest BCUT2D eigenvalue weighted by Crippen LogP contribution is -2.46. The SMILES string of the molecule is CCCCCCCCOC(=O)C(NC(=O)OCC(C)(C)C)C(C)CC. The van der Waals surface area contributed by atoms with Gasteiger partial charge in [0.15, 0.2) is 0 Å². The molecular weight excluding hydrogens is 318 g/mol. The fraction of sp³-hybridized carbons (Fsp3) is 0.900. The number of unbranched alkanes of at least 4 members (excludes halogenated alkanes) is 5. The van der Waals surface area contributed by atoms with Crippen LogP contribution in [-0.2, 0) is 14.3 Å². The lowest BCUT2D eigenvalue weighted by atomic mass is 9.98. The van der Waals surface area contributed by atoms with Crippen molar-refractivity contribution in [3.63, 3.8) is 0 Å². The van der Waals surface area contributed by atoms with Crippen LogP contribution in [0.2, 0.25) is 0 Å². The Morgan fingerprint density at radius 3 is 2.12 bits per heavy atom. The molecule has 2 unspecified atom stereocenters. The molecule has 0 aromatic heterocycles. The van der Waals surface area contributed by atoms with Crippen LogP contribution < -0.4 is 5.32 Å². The van der Waals surface area contributed by atoms with Gasteiger partial charge in [-0.2, -0.15) is 0 Å². The van der Waals surface area contributed by atoms with Gasteiger partial charge < -0.3 is 14.8 Å². The van der Waals surface area contributed by atoms with E-state index in [1.54, 1.807) is 0 Å². The molecule has 5 nitrogen and oxygen atoms in total. The number of esters is 1. The van der Waals surface area contributed by atoms with E-state index in [0.29, 0.717) is 13.2 Å². The van der Waals surface area contributed by atoms with Crippen LogP contribution >= 0.6 is 0 Å². The average Bonchev–Trinajstić information content (AvgIpc) is 2.55. The van der Waals surface area contributed by atoms with Crippen molar-refractivity contribution in [2.45, 2.75) is 92.5 Å². The van der Waals surface area contributed by atoms with Gasteiger partial charge in [-0.1, -0.05) is 80.1 Å². The second-order valence-corrected chi connectivity index (χ2v) is 8.08. The molecular formula is C20H39NO4. The monoisotopic (exact) mass is 357 g/mol. The summed E-state index contributed by atoms with van der Waals surface area (Å²) in [6.45, 7) is 12.8. The van der Waals surface area contributed by atoms with Crippen LogP contribution in [0.4, 0.5) is 4.79 Å². The van der Waals surface area contributed by atoms with Crippen molar-refractivity contribution >= 4 is 12.1 Å². The molecule has 0 bridgehead atoms. The molecule has 0 saturated heterocycles.